The number of carbonyl (C=O) groups is 1. The van der Waals surface area contributed by atoms with Gasteiger partial charge in [0, 0.05) is 18.8 Å². The number of allylic oxidation sites excluding steroid dienone is 1. The third-order valence-corrected chi connectivity index (χ3v) is 6.94. The molecule has 3 rings (SSSR count). The Balaban J connectivity index is 2.02. The van der Waals surface area contributed by atoms with Gasteiger partial charge in [-0.05, 0) is 34.1 Å². The van der Waals surface area contributed by atoms with Crippen LogP contribution in [0.1, 0.15) is 23.9 Å². The molecule has 1 aliphatic heterocycles. The Labute approximate surface area is 158 Å². The summed E-state index contributed by atoms with van der Waals surface area (Å²) in [5.41, 5.74) is 0.655. The molecule has 0 saturated carbocycles. The smallest absolute Gasteiger partial charge is 0.295 e. The molecular weight excluding hydrogens is 459 g/mol. The number of carbonyl (C=O) groups excluding carboxylic acids is 1. The molecule has 2 aromatic heterocycles. The summed E-state index contributed by atoms with van der Waals surface area (Å²) in [6, 6.07) is 0.530. The van der Waals surface area contributed by atoms with Gasteiger partial charge in [0.2, 0.25) is 0 Å². The summed E-state index contributed by atoms with van der Waals surface area (Å²) in [5, 5.41) is 0. The summed E-state index contributed by atoms with van der Waals surface area (Å²) < 4.78 is 65.1. The second kappa shape index (κ2) is 6.74. The van der Waals surface area contributed by atoms with Gasteiger partial charge in [-0.15, -0.1) is 11.3 Å². The Kier molecular flexibility index (Phi) is 4.92. The molecule has 0 saturated heterocycles. The van der Waals surface area contributed by atoms with Crippen molar-refractivity contribution < 1.29 is 26.4 Å². The van der Waals surface area contributed by atoms with E-state index in [4.69, 9.17) is 0 Å². The van der Waals surface area contributed by atoms with Crippen LogP contribution in [0.4, 0.5) is 13.2 Å². The van der Waals surface area contributed by atoms with E-state index < -0.39 is 32.8 Å². The van der Waals surface area contributed by atoms with Crippen LogP contribution in [-0.4, -0.2) is 28.5 Å². The van der Waals surface area contributed by atoms with E-state index >= 15 is 0 Å². The summed E-state index contributed by atoms with van der Waals surface area (Å²) in [6.45, 7) is 0. The summed E-state index contributed by atoms with van der Waals surface area (Å²) in [4.78, 5) is 18.6. The van der Waals surface area contributed by atoms with Crippen LogP contribution in [0.2, 0.25) is 0 Å². The molecule has 0 bridgehead atoms. The first-order chi connectivity index (χ1) is 12.1. The van der Waals surface area contributed by atoms with Crippen LogP contribution in [0.5, 0.6) is 0 Å². The highest BCUT2D eigenvalue weighted by Gasteiger charge is 2.37. The average Bonchev–Trinajstić information content (AvgIpc) is 3.00. The van der Waals surface area contributed by atoms with Crippen LogP contribution >= 0.6 is 27.3 Å². The Morgan fingerprint density at radius 2 is 2.00 bits per heavy atom. The lowest BCUT2D eigenvalue weighted by Crippen LogP contribution is -2.35. The maximum atomic E-state index is 12.9. The third kappa shape index (κ3) is 3.53. The SMILES string of the molecule is O=C1C=CN(S(=O)(=O)c2ccc(C(F)(F)F)nc2)C(c2ncsc2Br)C1. The highest BCUT2D eigenvalue weighted by atomic mass is 79.9. The summed E-state index contributed by atoms with van der Waals surface area (Å²) in [6.07, 6.45) is -1.96. The topological polar surface area (TPSA) is 80.2 Å². The predicted molar refractivity (Wildman–Crippen MR) is 89.6 cm³/mol. The van der Waals surface area contributed by atoms with Crippen molar-refractivity contribution in [3.8, 4) is 0 Å². The number of sulfonamides is 1. The summed E-state index contributed by atoms with van der Waals surface area (Å²) in [7, 11) is -4.23. The molecule has 138 valence electrons. The number of hydrogen-bond donors (Lipinski definition) is 0. The van der Waals surface area contributed by atoms with Gasteiger partial charge < -0.3 is 0 Å². The number of alkyl halides is 3. The number of hydrogen-bond acceptors (Lipinski definition) is 6. The lowest BCUT2D eigenvalue weighted by atomic mass is 10.1. The van der Waals surface area contributed by atoms with Crippen molar-refractivity contribution in [1.29, 1.82) is 0 Å². The van der Waals surface area contributed by atoms with Crippen LogP contribution < -0.4 is 0 Å². The van der Waals surface area contributed by atoms with Crippen molar-refractivity contribution >= 4 is 43.1 Å². The minimum absolute atomic E-state index is 0.133. The molecule has 26 heavy (non-hydrogen) atoms. The van der Waals surface area contributed by atoms with Crippen LogP contribution in [0.15, 0.2) is 44.8 Å². The van der Waals surface area contributed by atoms with Gasteiger partial charge in [0.25, 0.3) is 10.0 Å². The first-order valence-electron chi connectivity index (χ1n) is 6.97. The molecule has 3 heterocycles. The van der Waals surface area contributed by atoms with Gasteiger partial charge >= 0.3 is 6.18 Å². The fourth-order valence-electron chi connectivity index (χ4n) is 2.35. The average molecular weight is 468 g/mol. The molecule has 1 atom stereocenters. The van der Waals surface area contributed by atoms with E-state index in [0.717, 1.165) is 22.6 Å². The number of aromatic nitrogens is 2. The Hall–Kier alpha value is -1.79. The van der Waals surface area contributed by atoms with Crippen molar-refractivity contribution in [3.05, 3.63) is 51.3 Å². The number of ketones is 1. The van der Waals surface area contributed by atoms with Crippen molar-refractivity contribution in [1.82, 2.24) is 14.3 Å². The molecule has 6 nitrogen and oxygen atoms in total. The van der Waals surface area contributed by atoms with E-state index in [0.29, 0.717) is 21.7 Å². The Bertz CT molecular complexity index is 971. The van der Waals surface area contributed by atoms with E-state index in [-0.39, 0.29) is 12.2 Å². The maximum Gasteiger partial charge on any atom is 0.433 e. The molecule has 12 heteroatoms. The molecule has 0 aromatic carbocycles. The summed E-state index contributed by atoms with van der Waals surface area (Å²) >= 11 is 4.49. The molecule has 0 fully saturated rings. The first-order valence-corrected chi connectivity index (χ1v) is 10.1. The number of halogens is 4. The lowest BCUT2D eigenvalue weighted by Gasteiger charge is -2.31. The van der Waals surface area contributed by atoms with Crippen LogP contribution in [-0.2, 0) is 21.0 Å². The zero-order valence-corrected chi connectivity index (χ0v) is 15.9. The normalized spacial score (nSPS) is 18.4. The molecule has 2 aromatic rings. The van der Waals surface area contributed by atoms with Gasteiger partial charge in [0.15, 0.2) is 5.78 Å². The predicted octanol–water partition coefficient (Wildman–Crippen LogP) is 3.54. The molecule has 0 spiro atoms. The minimum atomic E-state index is -4.67. The van der Waals surface area contributed by atoms with Crippen molar-refractivity contribution in [2.75, 3.05) is 0 Å². The third-order valence-electron chi connectivity index (χ3n) is 3.58. The molecule has 1 aliphatic rings. The number of pyridine rings is 1. The lowest BCUT2D eigenvalue weighted by molar-refractivity contribution is -0.141. The molecule has 0 amide bonds. The van der Waals surface area contributed by atoms with Gasteiger partial charge in [0.1, 0.15) is 10.6 Å². The quantitative estimate of drug-likeness (QED) is 0.689. The number of nitrogens with zero attached hydrogens (tertiary/aromatic N) is 3. The second-order valence-corrected chi connectivity index (χ2v) is 9.24. The zero-order chi connectivity index (χ0) is 19.1. The van der Waals surface area contributed by atoms with Crippen LogP contribution in [0.3, 0.4) is 0 Å². The van der Waals surface area contributed by atoms with E-state index in [1.807, 2.05) is 0 Å². The standard InChI is InChI=1S/C14H9BrF3N3O3S2/c15-13-12(20-7-25-13)10-5-8(22)3-4-21(10)26(23,24)9-1-2-11(19-6-9)14(16,17)18/h1-4,6-7,10H,5H2. The van der Waals surface area contributed by atoms with E-state index in [1.165, 1.54) is 16.8 Å². The Morgan fingerprint density at radius 1 is 1.27 bits per heavy atom. The highest BCUT2D eigenvalue weighted by molar-refractivity contribution is 9.11. The monoisotopic (exact) mass is 467 g/mol. The minimum Gasteiger partial charge on any atom is -0.295 e. The van der Waals surface area contributed by atoms with E-state index in [9.17, 15) is 26.4 Å². The van der Waals surface area contributed by atoms with Gasteiger partial charge in [-0.2, -0.15) is 13.2 Å². The molecule has 0 radical (unpaired) electrons. The molecule has 0 aliphatic carbocycles. The Morgan fingerprint density at radius 3 is 2.54 bits per heavy atom. The first kappa shape index (κ1) is 19.0. The fraction of sp³-hybridized carbons (Fsp3) is 0.214. The zero-order valence-electron chi connectivity index (χ0n) is 12.6. The van der Waals surface area contributed by atoms with E-state index in [2.05, 4.69) is 25.9 Å². The van der Waals surface area contributed by atoms with Gasteiger partial charge in [0.05, 0.1) is 21.0 Å². The van der Waals surface area contributed by atoms with Crippen molar-refractivity contribution in [3.63, 3.8) is 0 Å². The maximum absolute atomic E-state index is 12.9. The summed E-state index contributed by atoms with van der Waals surface area (Å²) in [5.74, 6) is -0.285. The molecule has 1 unspecified atom stereocenters. The fourth-order valence-corrected chi connectivity index (χ4v) is 4.94. The second-order valence-electron chi connectivity index (χ2n) is 5.23. The van der Waals surface area contributed by atoms with Gasteiger partial charge in [-0.25, -0.2) is 13.4 Å². The van der Waals surface area contributed by atoms with Crippen LogP contribution in [0, 0.1) is 0 Å². The van der Waals surface area contributed by atoms with Crippen molar-refractivity contribution in [2.45, 2.75) is 23.5 Å². The highest BCUT2D eigenvalue weighted by Crippen LogP contribution is 2.38. The van der Waals surface area contributed by atoms with Gasteiger partial charge in [-0.1, -0.05) is 0 Å². The number of rotatable bonds is 3. The largest absolute Gasteiger partial charge is 0.433 e. The molecular formula is C14H9BrF3N3O3S2. The number of thiazole rings is 1. The van der Waals surface area contributed by atoms with E-state index in [1.54, 1.807) is 0 Å². The van der Waals surface area contributed by atoms with Crippen LogP contribution in [0.25, 0.3) is 0 Å². The van der Waals surface area contributed by atoms with Gasteiger partial charge in [-0.3, -0.25) is 14.1 Å². The molecule has 0 N–H and O–H groups in total. The van der Waals surface area contributed by atoms with Crippen molar-refractivity contribution in [2.24, 2.45) is 0 Å².